The maximum atomic E-state index is 12.7. The zero-order valence-corrected chi connectivity index (χ0v) is 14.8. The number of rotatable bonds is 4. The third-order valence-electron chi connectivity index (χ3n) is 5.12. The molecule has 0 aromatic carbocycles. The number of amides is 1. The van der Waals surface area contributed by atoms with Gasteiger partial charge in [0.1, 0.15) is 17.3 Å². The van der Waals surface area contributed by atoms with Crippen LogP contribution in [0.1, 0.15) is 36.2 Å². The van der Waals surface area contributed by atoms with E-state index in [1.807, 2.05) is 23.1 Å². The molecule has 1 N–H and O–H groups in total. The van der Waals surface area contributed by atoms with Gasteiger partial charge in [0.25, 0.3) is 5.91 Å². The fourth-order valence-corrected chi connectivity index (χ4v) is 3.63. The Hall–Kier alpha value is -2.70. The first-order valence-electron chi connectivity index (χ1n) is 9.33. The van der Waals surface area contributed by atoms with E-state index in [4.69, 9.17) is 0 Å². The molecule has 7 heteroatoms. The highest BCUT2D eigenvalue weighted by Crippen LogP contribution is 2.21. The van der Waals surface area contributed by atoms with Crippen LogP contribution < -0.4 is 10.2 Å². The molecule has 1 amide bonds. The van der Waals surface area contributed by atoms with Crippen LogP contribution in [0.25, 0.3) is 0 Å². The van der Waals surface area contributed by atoms with Gasteiger partial charge in [-0.25, -0.2) is 15.0 Å². The summed E-state index contributed by atoms with van der Waals surface area (Å²) in [6.07, 6.45) is 9.97. The molecule has 1 aliphatic heterocycles. The zero-order valence-electron chi connectivity index (χ0n) is 14.8. The van der Waals surface area contributed by atoms with Crippen LogP contribution in [0.4, 0.5) is 11.6 Å². The Balaban J connectivity index is 1.33. The first kappa shape index (κ1) is 16.8. The molecule has 1 aliphatic carbocycles. The first-order valence-corrected chi connectivity index (χ1v) is 9.33. The third-order valence-corrected chi connectivity index (χ3v) is 5.12. The van der Waals surface area contributed by atoms with Gasteiger partial charge < -0.3 is 15.1 Å². The van der Waals surface area contributed by atoms with Gasteiger partial charge in [-0.2, -0.15) is 0 Å². The highest BCUT2D eigenvalue weighted by molar-refractivity contribution is 5.92. The second-order valence-corrected chi connectivity index (χ2v) is 6.88. The molecule has 0 bridgehead atoms. The summed E-state index contributed by atoms with van der Waals surface area (Å²) in [5.74, 6) is 1.67. The summed E-state index contributed by atoms with van der Waals surface area (Å²) in [5.41, 5.74) is 0.410. The number of hydrogen-bond acceptors (Lipinski definition) is 6. The van der Waals surface area contributed by atoms with E-state index in [0.717, 1.165) is 24.7 Å². The summed E-state index contributed by atoms with van der Waals surface area (Å²) in [6, 6.07) is 6.38. The normalized spacial score (nSPS) is 18.2. The summed E-state index contributed by atoms with van der Waals surface area (Å²) in [5, 5.41) is 3.40. The fourth-order valence-electron chi connectivity index (χ4n) is 3.63. The lowest BCUT2D eigenvalue weighted by Gasteiger charge is -2.35. The van der Waals surface area contributed by atoms with E-state index in [1.54, 1.807) is 18.6 Å². The maximum Gasteiger partial charge on any atom is 0.274 e. The predicted molar refractivity (Wildman–Crippen MR) is 100 cm³/mol. The van der Waals surface area contributed by atoms with E-state index in [9.17, 15) is 4.79 Å². The van der Waals surface area contributed by atoms with Crippen LogP contribution in [0, 0.1) is 0 Å². The molecule has 0 atom stereocenters. The molecule has 1 saturated heterocycles. The first-order chi connectivity index (χ1) is 12.8. The molecule has 2 aliphatic rings. The van der Waals surface area contributed by atoms with Gasteiger partial charge >= 0.3 is 0 Å². The quantitative estimate of drug-likeness (QED) is 0.909. The number of hydrogen-bond donors (Lipinski definition) is 1. The summed E-state index contributed by atoms with van der Waals surface area (Å²) in [7, 11) is 0. The number of carbonyl (C=O) groups excluding carboxylic acids is 1. The van der Waals surface area contributed by atoms with E-state index in [-0.39, 0.29) is 5.91 Å². The summed E-state index contributed by atoms with van der Waals surface area (Å²) >= 11 is 0. The molecule has 2 fully saturated rings. The second kappa shape index (κ2) is 7.68. The van der Waals surface area contributed by atoms with E-state index in [0.29, 0.717) is 24.8 Å². The van der Waals surface area contributed by atoms with Crippen molar-refractivity contribution < 1.29 is 4.79 Å². The highest BCUT2D eigenvalue weighted by atomic mass is 16.2. The average molecular weight is 352 g/mol. The lowest BCUT2D eigenvalue weighted by Crippen LogP contribution is -2.49. The van der Waals surface area contributed by atoms with Gasteiger partial charge in [-0.1, -0.05) is 18.9 Å². The number of aromatic nitrogens is 3. The summed E-state index contributed by atoms with van der Waals surface area (Å²) in [4.78, 5) is 29.8. The van der Waals surface area contributed by atoms with E-state index >= 15 is 0 Å². The molecule has 136 valence electrons. The smallest absolute Gasteiger partial charge is 0.274 e. The molecule has 2 aromatic rings. The molecular formula is C19H24N6O. The van der Waals surface area contributed by atoms with Crippen molar-refractivity contribution in [3.63, 3.8) is 0 Å². The minimum Gasteiger partial charge on any atom is -0.366 e. The van der Waals surface area contributed by atoms with Crippen LogP contribution in [0.3, 0.4) is 0 Å². The number of carbonyl (C=O) groups is 1. The molecule has 4 rings (SSSR count). The molecule has 1 saturated carbocycles. The molecule has 3 heterocycles. The molecule has 7 nitrogen and oxygen atoms in total. The molecular weight excluding hydrogens is 328 g/mol. The molecule has 2 aromatic heterocycles. The van der Waals surface area contributed by atoms with Gasteiger partial charge in [0.15, 0.2) is 0 Å². The number of nitrogens with zero attached hydrogens (tertiary/aromatic N) is 5. The lowest BCUT2D eigenvalue weighted by molar-refractivity contribution is 0.0740. The Morgan fingerprint density at radius 3 is 2.46 bits per heavy atom. The third kappa shape index (κ3) is 3.76. The van der Waals surface area contributed by atoms with Crippen LogP contribution >= 0.6 is 0 Å². The summed E-state index contributed by atoms with van der Waals surface area (Å²) in [6.45, 7) is 2.88. The Labute approximate surface area is 153 Å². The van der Waals surface area contributed by atoms with Gasteiger partial charge in [0.2, 0.25) is 0 Å². The SMILES string of the molecule is O=C(c1cnc(NC2CCCC2)cn1)N1CCN(c2ccccn2)CC1. The minimum absolute atomic E-state index is 0.0504. The van der Waals surface area contributed by atoms with Crippen LogP contribution in [0.2, 0.25) is 0 Å². The molecule has 0 spiro atoms. The van der Waals surface area contributed by atoms with Crippen molar-refractivity contribution in [1.82, 2.24) is 19.9 Å². The van der Waals surface area contributed by atoms with Crippen molar-refractivity contribution >= 4 is 17.5 Å². The maximum absolute atomic E-state index is 12.7. The van der Waals surface area contributed by atoms with E-state index in [1.165, 1.54) is 25.7 Å². The van der Waals surface area contributed by atoms with E-state index < -0.39 is 0 Å². The van der Waals surface area contributed by atoms with Crippen molar-refractivity contribution in [2.24, 2.45) is 0 Å². The van der Waals surface area contributed by atoms with Gasteiger partial charge in [-0.05, 0) is 25.0 Å². The lowest BCUT2D eigenvalue weighted by atomic mass is 10.2. The van der Waals surface area contributed by atoms with Gasteiger partial charge in [0.05, 0.1) is 12.4 Å². The highest BCUT2D eigenvalue weighted by Gasteiger charge is 2.24. The van der Waals surface area contributed by atoms with Crippen LogP contribution in [-0.4, -0.2) is 58.0 Å². The molecule has 0 unspecified atom stereocenters. The number of anilines is 2. The van der Waals surface area contributed by atoms with Gasteiger partial charge in [0, 0.05) is 38.4 Å². The second-order valence-electron chi connectivity index (χ2n) is 6.88. The fraction of sp³-hybridized carbons (Fsp3) is 0.474. The summed E-state index contributed by atoms with van der Waals surface area (Å²) < 4.78 is 0. The molecule has 0 radical (unpaired) electrons. The minimum atomic E-state index is -0.0504. The average Bonchev–Trinajstić information content (AvgIpc) is 3.22. The largest absolute Gasteiger partial charge is 0.366 e. The van der Waals surface area contributed by atoms with Crippen molar-refractivity contribution in [3.8, 4) is 0 Å². The van der Waals surface area contributed by atoms with E-state index in [2.05, 4.69) is 25.2 Å². The van der Waals surface area contributed by atoms with Crippen molar-refractivity contribution in [3.05, 3.63) is 42.5 Å². The number of pyridine rings is 1. The van der Waals surface area contributed by atoms with Crippen LogP contribution in [-0.2, 0) is 0 Å². The standard InChI is InChI=1S/C19H24N6O/c26-19(16-13-22-17(14-21-16)23-15-5-1-2-6-15)25-11-9-24(10-12-25)18-7-3-4-8-20-18/h3-4,7-8,13-15H,1-2,5-6,9-12H2,(H,22,23). The Morgan fingerprint density at radius 1 is 1.00 bits per heavy atom. The number of nitrogens with one attached hydrogen (secondary N) is 1. The Bertz CT molecular complexity index is 721. The monoisotopic (exact) mass is 352 g/mol. The van der Waals surface area contributed by atoms with Crippen molar-refractivity contribution in [2.45, 2.75) is 31.7 Å². The van der Waals surface area contributed by atoms with Crippen molar-refractivity contribution in [1.29, 1.82) is 0 Å². The Kier molecular flexibility index (Phi) is 4.95. The van der Waals surface area contributed by atoms with Crippen LogP contribution in [0.15, 0.2) is 36.8 Å². The number of piperazine rings is 1. The van der Waals surface area contributed by atoms with Gasteiger partial charge in [-0.15, -0.1) is 0 Å². The molecule has 26 heavy (non-hydrogen) atoms. The van der Waals surface area contributed by atoms with Crippen LogP contribution in [0.5, 0.6) is 0 Å². The zero-order chi connectivity index (χ0) is 17.8. The predicted octanol–water partition coefficient (Wildman–Crippen LogP) is 2.19. The van der Waals surface area contributed by atoms with Gasteiger partial charge in [-0.3, -0.25) is 4.79 Å². The Morgan fingerprint density at radius 2 is 1.81 bits per heavy atom. The topological polar surface area (TPSA) is 74.2 Å². The van der Waals surface area contributed by atoms with Crippen molar-refractivity contribution in [2.75, 3.05) is 36.4 Å².